The lowest BCUT2D eigenvalue weighted by atomic mass is 10.2. The summed E-state index contributed by atoms with van der Waals surface area (Å²) in [6, 6.07) is 13.9. The summed E-state index contributed by atoms with van der Waals surface area (Å²) >= 11 is 1.50. The van der Waals surface area contributed by atoms with E-state index in [0.29, 0.717) is 6.54 Å². The Bertz CT molecular complexity index is 739. The predicted molar refractivity (Wildman–Crippen MR) is 77.7 cm³/mol. The molecule has 0 aliphatic heterocycles. The summed E-state index contributed by atoms with van der Waals surface area (Å²) in [7, 11) is 0. The zero-order chi connectivity index (χ0) is 13.8. The number of anilines is 1. The first-order valence-electron chi connectivity index (χ1n) is 6.03. The van der Waals surface area contributed by atoms with E-state index in [1.54, 1.807) is 11.0 Å². The highest BCUT2D eigenvalue weighted by molar-refractivity contribution is 7.12. The molecule has 20 heavy (non-hydrogen) atoms. The standard InChI is InChI=1S/C14H11N5S/c15-7-11-5-6-12(20-11)8-17-13-3-1-2-4-14(13)19-10-16-9-18-19/h1-6,9-10,17H,8H2. The number of hydrogen-bond acceptors (Lipinski definition) is 5. The molecule has 0 unspecified atom stereocenters. The minimum Gasteiger partial charge on any atom is -0.378 e. The summed E-state index contributed by atoms with van der Waals surface area (Å²) in [4.78, 5) is 5.81. The third-order valence-corrected chi connectivity index (χ3v) is 3.78. The largest absolute Gasteiger partial charge is 0.378 e. The van der Waals surface area contributed by atoms with E-state index in [1.807, 2.05) is 36.4 Å². The summed E-state index contributed by atoms with van der Waals surface area (Å²) in [6.45, 7) is 0.679. The van der Waals surface area contributed by atoms with Crippen LogP contribution in [0, 0.1) is 11.3 Å². The second-order valence-electron chi connectivity index (χ2n) is 4.09. The van der Waals surface area contributed by atoms with E-state index in [-0.39, 0.29) is 0 Å². The Kier molecular flexibility index (Phi) is 3.44. The van der Waals surface area contributed by atoms with Gasteiger partial charge in [-0.25, -0.2) is 9.67 Å². The molecule has 0 saturated heterocycles. The van der Waals surface area contributed by atoms with Gasteiger partial charge in [-0.1, -0.05) is 12.1 Å². The van der Waals surface area contributed by atoms with Crippen LogP contribution in [0.5, 0.6) is 0 Å². The predicted octanol–water partition coefficient (Wildman–Crippen LogP) is 2.81. The van der Waals surface area contributed by atoms with Crippen molar-refractivity contribution in [2.75, 3.05) is 5.32 Å². The monoisotopic (exact) mass is 281 g/mol. The Hall–Kier alpha value is -2.65. The molecule has 0 amide bonds. The molecule has 0 spiro atoms. The molecule has 98 valence electrons. The Morgan fingerprint density at radius 3 is 2.90 bits per heavy atom. The van der Waals surface area contributed by atoms with Crippen molar-refractivity contribution in [3.63, 3.8) is 0 Å². The SMILES string of the molecule is N#Cc1ccc(CNc2ccccc2-n2cncn2)s1. The highest BCUT2D eigenvalue weighted by atomic mass is 32.1. The Balaban J connectivity index is 1.80. The lowest BCUT2D eigenvalue weighted by Crippen LogP contribution is -2.03. The molecule has 0 fully saturated rings. The summed E-state index contributed by atoms with van der Waals surface area (Å²) in [5.74, 6) is 0. The minimum atomic E-state index is 0.679. The molecule has 0 saturated carbocycles. The maximum Gasteiger partial charge on any atom is 0.138 e. The van der Waals surface area contributed by atoms with Gasteiger partial charge in [0.15, 0.2) is 0 Å². The van der Waals surface area contributed by atoms with Crippen molar-refractivity contribution in [2.45, 2.75) is 6.54 Å². The molecule has 0 radical (unpaired) electrons. The summed E-state index contributed by atoms with van der Waals surface area (Å²) in [6.07, 6.45) is 3.18. The van der Waals surface area contributed by atoms with E-state index >= 15 is 0 Å². The highest BCUT2D eigenvalue weighted by Gasteiger charge is 2.05. The molecule has 6 heteroatoms. The molecular formula is C14H11N5S. The molecule has 0 atom stereocenters. The lowest BCUT2D eigenvalue weighted by Gasteiger charge is -2.10. The third-order valence-electron chi connectivity index (χ3n) is 2.79. The van der Waals surface area contributed by atoms with Gasteiger partial charge >= 0.3 is 0 Å². The van der Waals surface area contributed by atoms with Crippen molar-refractivity contribution in [1.82, 2.24) is 14.8 Å². The van der Waals surface area contributed by atoms with Crippen molar-refractivity contribution in [3.05, 3.63) is 58.8 Å². The quantitative estimate of drug-likeness (QED) is 0.798. The van der Waals surface area contributed by atoms with Crippen LogP contribution in [-0.4, -0.2) is 14.8 Å². The molecule has 1 N–H and O–H groups in total. The Morgan fingerprint density at radius 2 is 2.15 bits per heavy atom. The van der Waals surface area contributed by atoms with Gasteiger partial charge in [0.05, 0.1) is 11.4 Å². The number of benzene rings is 1. The van der Waals surface area contributed by atoms with Crippen LogP contribution >= 0.6 is 11.3 Å². The normalized spacial score (nSPS) is 10.2. The van der Waals surface area contributed by atoms with Crippen LogP contribution in [0.1, 0.15) is 9.75 Å². The van der Waals surface area contributed by atoms with Crippen molar-refractivity contribution >= 4 is 17.0 Å². The molecule has 2 heterocycles. The maximum atomic E-state index is 8.83. The van der Waals surface area contributed by atoms with E-state index in [1.165, 1.54) is 17.7 Å². The number of para-hydroxylation sites is 2. The third kappa shape index (κ3) is 2.53. The number of nitrogens with zero attached hydrogens (tertiary/aromatic N) is 4. The average molecular weight is 281 g/mol. The number of nitriles is 1. The maximum absolute atomic E-state index is 8.83. The zero-order valence-electron chi connectivity index (χ0n) is 10.5. The van der Waals surface area contributed by atoms with E-state index < -0.39 is 0 Å². The van der Waals surface area contributed by atoms with E-state index in [0.717, 1.165) is 21.1 Å². The summed E-state index contributed by atoms with van der Waals surface area (Å²) < 4.78 is 1.72. The summed E-state index contributed by atoms with van der Waals surface area (Å²) in [5.41, 5.74) is 1.92. The Morgan fingerprint density at radius 1 is 1.25 bits per heavy atom. The topological polar surface area (TPSA) is 66.5 Å². The highest BCUT2D eigenvalue weighted by Crippen LogP contribution is 2.21. The fourth-order valence-corrected chi connectivity index (χ4v) is 2.62. The van der Waals surface area contributed by atoms with Crippen LogP contribution in [0.4, 0.5) is 5.69 Å². The van der Waals surface area contributed by atoms with E-state index in [4.69, 9.17) is 5.26 Å². The molecule has 1 aromatic carbocycles. The number of rotatable bonds is 4. The van der Waals surface area contributed by atoms with Gasteiger partial charge < -0.3 is 5.32 Å². The second kappa shape index (κ2) is 5.55. The number of nitrogens with one attached hydrogen (secondary N) is 1. The van der Waals surface area contributed by atoms with Crippen LogP contribution in [-0.2, 0) is 6.54 Å². The van der Waals surface area contributed by atoms with Crippen molar-refractivity contribution in [3.8, 4) is 11.8 Å². The second-order valence-corrected chi connectivity index (χ2v) is 5.26. The first-order valence-corrected chi connectivity index (χ1v) is 6.85. The van der Waals surface area contributed by atoms with Gasteiger partial charge in [-0.05, 0) is 24.3 Å². The fraction of sp³-hybridized carbons (Fsp3) is 0.0714. The van der Waals surface area contributed by atoms with Gasteiger partial charge in [0.1, 0.15) is 23.6 Å². The van der Waals surface area contributed by atoms with Gasteiger partial charge in [-0.3, -0.25) is 0 Å². The fourth-order valence-electron chi connectivity index (χ4n) is 1.87. The molecule has 3 rings (SSSR count). The van der Waals surface area contributed by atoms with Crippen LogP contribution in [0.2, 0.25) is 0 Å². The van der Waals surface area contributed by atoms with Crippen molar-refractivity contribution in [2.24, 2.45) is 0 Å². The summed E-state index contributed by atoms with van der Waals surface area (Å²) in [5, 5.41) is 16.3. The van der Waals surface area contributed by atoms with Gasteiger partial charge in [0.25, 0.3) is 0 Å². The molecule has 3 aromatic rings. The van der Waals surface area contributed by atoms with Gasteiger partial charge in [-0.15, -0.1) is 11.3 Å². The number of thiophene rings is 1. The van der Waals surface area contributed by atoms with Crippen LogP contribution in [0.25, 0.3) is 5.69 Å². The van der Waals surface area contributed by atoms with Crippen molar-refractivity contribution in [1.29, 1.82) is 5.26 Å². The number of aromatic nitrogens is 3. The Labute approximate surface area is 120 Å². The molecule has 2 aromatic heterocycles. The van der Waals surface area contributed by atoms with Crippen LogP contribution in [0.3, 0.4) is 0 Å². The minimum absolute atomic E-state index is 0.679. The first kappa shape index (κ1) is 12.4. The van der Waals surface area contributed by atoms with Gasteiger partial charge in [0, 0.05) is 11.4 Å². The first-order chi connectivity index (χ1) is 9.86. The molecule has 0 aliphatic carbocycles. The molecule has 0 aliphatic rings. The van der Waals surface area contributed by atoms with E-state index in [9.17, 15) is 0 Å². The molecular weight excluding hydrogens is 270 g/mol. The average Bonchev–Trinajstić information content (AvgIpc) is 3.17. The van der Waals surface area contributed by atoms with Crippen LogP contribution < -0.4 is 5.32 Å². The molecule has 0 bridgehead atoms. The van der Waals surface area contributed by atoms with E-state index in [2.05, 4.69) is 21.5 Å². The number of hydrogen-bond donors (Lipinski definition) is 1. The zero-order valence-corrected chi connectivity index (χ0v) is 11.3. The molecule has 5 nitrogen and oxygen atoms in total. The van der Waals surface area contributed by atoms with Crippen LogP contribution in [0.15, 0.2) is 49.1 Å². The smallest absolute Gasteiger partial charge is 0.138 e. The van der Waals surface area contributed by atoms with Crippen molar-refractivity contribution < 1.29 is 0 Å². The lowest BCUT2D eigenvalue weighted by molar-refractivity contribution is 0.878. The van der Waals surface area contributed by atoms with Gasteiger partial charge in [0.2, 0.25) is 0 Å². The van der Waals surface area contributed by atoms with Gasteiger partial charge in [-0.2, -0.15) is 10.4 Å².